The van der Waals surface area contributed by atoms with Gasteiger partial charge in [0.05, 0.1) is 12.2 Å². The Hall–Kier alpha value is -2.50. The summed E-state index contributed by atoms with van der Waals surface area (Å²) in [6, 6.07) is 5.57. The van der Waals surface area contributed by atoms with Crippen LogP contribution in [0.3, 0.4) is 0 Å². The Labute approximate surface area is 193 Å². The number of aliphatic imine (C=N–C) groups is 1. The number of aryl methyl sites for hydroxylation is 2. The molecule has 0 unspecified atom stereocenters. The number of pyridine rings is 1. The Morgan fingerprint density at radius 1 is 1.07 bits per heavy atom. The van der Waals surface area contributed by atoms with Crippen molar-refractivity contribution in [3.8, 4) is 11.6 Å². The summed E-state index contributed by atoms with van der Waals surface area (Å²) in [4.78, 5) is 13.3. The van der Waals surface area contributed by atoms with Crippen LogP contribution in [-0.4, -0.2) is 39.3 Å². The molecule has 0 saturated carbocycles. The van der Waals surface area contributed by atoms with Gasteiger partial charge in [-0.2, -0.15) is 4.98 Å². The zero-order chi connectivity index (χ0) is 20.5. The van der Waals surface area contributed by atoms with E-state index in [1.165, 1.54) is 0 Å². The zero-order valence-electron chi connectivity index (χ0n) is 17.5. The Kier molecular flexibility index (Phi) is 9.71. The molecule has 0 fully saturated rings. The number of hydrogen-bond acceptors (Lipinski definition) is 7. The highest BCUT2D eigenvalue weighted by Crippen LogP contribution is 2.17. The molecule has 3 aromatic heterocycles. The minimum atomic E-state index is 0. The molecular weight excluding hydrogens is 497 g/mol. The van der Waals surface area contributed by atoms with E-state index in [0.717, 1.165) is 42.4 Å². The highest BCUT2D eigenvalue weighted by atomic mass is 127. The average Bonchev–Trinajstić information content (AvgIpc) is 3.39. The minimum absolute atomic E-state index is 0. The molecular formula is C20H28IN7O2. The maximum absolute atomic E-state index is 5.41. The van der Waals surface area contributed by atoms with Crippen molar-refractivity contribution in [1.29, 1.82) is 0 Å². The first kappa shape index (κ1) is 23.8. The minimum Gasteiger partial charge on any atom is -0.361 e. The predicted molar refractivity (Wildman–Crippen MR) is 125 cm³/mol. The van der Waals surface area contributed by atoms with Crippen molar-refractivity contribution in [2.75, 3.05) is 13.1 Å². The van der Waals surface area contributed by atoms with E-state index in [2.05, 4.69) is 49.8 Å². The van der Waals surface area contributed by atoms with Crippen molar-refractivity contribution >= 4 is 29.9 Å². The predicted octanol–water partition coefficient (Wildman–Crippen LogP) is 3.16. The van der Waals surface area contributed by atoms with Crippen LogP contribution in [0.1, 0.15) is 43.6 Å². The highest BCUT2D eigenvalue weighted by molar-refractivity contribution is 14.0. The number of hydrogen-bond donors (Lipinski definition) is 2. The van der Waals surface area contributed by atoms with Crippen LogP contribution >= 0.6 is 24.0 Å². The number of aromatic nitrogens is 4. The van der Waals surface area contributed by atoms with Gasteiger partial charge >= 0.3 is 0 Å². The van der Waals surface area contributed by atoms with Gasteiger partial charge in [0.2, 0.25) is 0 Å². The molecule has 0 atom stereocenters. The molecule has 0 saturated heterocycles. The largest absolute Gasteiger partial charge is 0.361 e. The van der Waals surface area contributed by atoms with Crippen LogP contribution in [0.4, 0.5) is 0 Å². The quantitative estimate of drug-likeness (QED) is 0.249. The lowest BCUT2D eigenvalue weighted by molar-refractivity contribution is 0.380. The van der Waals surface area contributed by atoms with Crippen LogP contribution in [0.5, 0.6) is 0 Å². The van der Waals surface area contributed by atoms with Gasteiger partial charge in [0.1, 0.15) is 11.5 Å². The van der Waals surface area contributed by atoms with Gasteiger partial charge in [-0.15, -0.1) is 24.0 Å². The van der Waals surface area contributed by atoms with E-state index >= 15 is 0 Å². The van der Waals surface area contributed by atoms with E-state index in [9.17, 15) is 0 Å². The van der Waals surface area contributed by atoms with E-state index in [1.807, 2.05) is 25.1 Å². The lowest BCUT2D eigenvalue weighted by atomic mass is 10.1. The first-order chi connectivity index (χ1) is 14.2. The first-order valence-corrected chi connectivity index (χ1v) is 9.97. The standard InChI is InChI=1S/C20H27N7O2.HI/c1-4-15-14(17(5-2)28-26-15)13-24-20(21-6-3)23-12-10-18-25-19(29-27-18)16-9-7-8-11-22-16;/h7-9,11H,4-6,10,12-13H2,1-3H3,(H2,21,23,24);1H. The van der Waals surface area contributed by atoms with E-state index in [-0.39, 0.29) is 24.0 Å². The molecule has 0 aromatic carbocycles. The van der Waals surface area contributed by atoms with Gasteiger partial charge in [0, 0.05) is 37.7 Å². The third-order valence-electron chi connectivity index (χ3n) is 4.34. The Bertz CT molecular complexity index is 903. The summed E-state index contributed by atoms with van der Waals surface area (Å²) >= 11 is 0. The molecule has 3 aromatic rings. The highest BCUT2D eigenvalue weighted by Gasteiger charge is 2.13. The molecule has 10 heteroatoms. The molecule has 0 aliphatic carbocycles. The zero-order valence-corrected chi connectivity index (χ0v) is 19.8. The molecule has 0 bridgehead atoms. The molecule has 0 radical (unpaired) electrons. The van der Waals surface area contributed by atoms with Crippen molar-refractivity contribution in [2.45, 2.75) is 46.6 Å². The van der Waals surface area contributed by atoms with E-state index in [1.54, 1.807) is 6.20 Å². The van der Waals surface area contributed by atoms with E-state index < -0.39 is 0 Å². The maximum atomic E-state index is 5.41. The smallest absolute Gasteiger partial charge is 0.276 e. The van der Waals surface area contributed by atoms with Crippen LogP contribution in [0.2, 0.25) is 0 Å². The van der Waals surface area contributed by atoms with Gasteiger partial charge in [-0.1, -0.05) is 30.2 Å². The van der Waals surface area contributed by atoms with Crippen molar-refractivity contribution in [2.24, 2.45) is 4.99 Å². The Morgan fingerprint density at radius 2 is 1.93 bits per heavy atom. The summed E-state index contributed by atoms with van der Waals surface area (Å²) in [7, 11) is 0. The molecule has 3 heterocycles. The van der Waals surface area contributed by atoms with Gasteiger partial charge in [-0.25, -0.2) is 4.99 Å². The number of guanidine groups is 1. The number of nitrogens with zero attached hydrogens (tertiary/aromatic N) is 5. The van der Waals surface area contributed by atoms with Gasteiger partial charge in [0.15, 0.2) is 11.8 Å². The fourth-order valence-corrected chi connectivity index (χ4v) is 2.86. The molecule has 0 aliphatic rings. The number of halogens is 1. The summed E-state index contributed by atoms with van der Waals surface area (Å²) in [5, 5.41) is 14.7. The molecule has 0 amide bonds. The number of rotatable bonds is 9. The van der Waals surface area contributed by atoms with Crippen LogP contribution < -0.4 is 10.6 Å². The first-order valence-electron chi connectivity index (χ1n) is 9.97. The second-order valence-electron chi connectivity index (χ2n) is 6.34. The van der Waals surface area contributed by atoms with Crippen molar-refractivity contribution < 1.29 is 9.05 Å². The van der Waals surface area contributed by atoms with Gasteiger partial charge in [0.25, 0.3) is 5.89 Å². The lowest BCUT2D eigenvalue weighted by Crippen LogP contribution is -2.38. The summed E-state index contributed by atoms with van der Waals surface area (Å²) in [5.74, 6) is 2.67. The van der Waals surface area contributed by atoms with Gasteiger partial charge in [-0.3, -0.25) is 4.98 Å². The molecule has 9 nitrogen and oxygen atoms in total. The van der Waals surface area contributed by atoms with Gasteiger partial charge in [-0.05, 0) is 25.5 Å². The second kappa shape index (κ2) is 12.3. The Balaban J connectivity index is 0.00000320. The summed E-state index contributed by atoms with van der Waals surface area (Å²) in [6.45, 7) is 8.07. The van der Waals surface area contributed by atoms with Crippen LogP contribution in [-0.2, 0) is 25.8 Å². The topological polar surface area (TPSA) is 114 Å². The second-order valence-corrected chi connectivity index (χ2v) is 6.34. The average molecular weight is 525 g/mol. The Morgan fingerprint density at radius 3 is 2.63 bits per heavy atom. The molecule has 30 heavy (non-hydrogen) atoms. The van der Waals surface area contributed by atoms with Crippen molar-refractivity contribution in [1.82, 2.24) is 30.9 Å². The molecule has 3 rings (SSSR count). The molecule has 162 valence electrons. The SMILES string of the molecule is CCNC(=NCc1c(CC)noc1CC)NCCc1noc(-c2ccccn2)n1.I. The fourth-order valence-electron chi connectivity index (χ4n) is 2.86. The number of nitrogens with one attached hydrogen (secondary N) is 2. The molecule has 0 aliphatic heterocycles. The summed E-state index contributed by atoms with van der Waals surface area (Å²) in [6.07, 6.45) is 3.94. The maximum Gasteiger partial charge on any atom is 0.276 e. The van der Waals surface area contributed by atoms with Crippen molar-refractivity contribution in [3.05, 3.63) is 47.2 Å². The van der Waals surface area contributed by atoms with E-state index in [4.69, 9.17) is 9.05 Å². The third-order valence-corrected chi connectivity index (χ3v) is 4.34. The normalized spacial score (nSPS) is 11.2. The molecule has 2 N–H and O–H groups in total. The monoisotopic (exact) mass is 525 g/mol. The van der Waals surface area contributed by atoms with Crippen molar-refractivity contribution in [3.63, 3.8) is 0 Å². The fraction of sp³-hybridized carbons (Fsp3) is 0.450. The van der Waals surface area contributed by atoms with E-state index in [0.29, 0.717) is 36.9 Å². The molecule has 0 spiro atoms. The van der Waals surface area contributed by atoms with Crippen LogP contribution in [0.25, 0.3) is 11.6 Å². The van der Waals surface area contributed by atoms with Gasteiger partial charge < -0.3 is 19.7 Å². The third kappa shape index (κ3) is 6.25. The summed E-state index contributed by atoms with van der Waals surface area (Å²) < 4.78 is 10.7. The lowest BCUT2D eigenvalue weighted by Gasteiger charge is -2.10. The van der Waals surface area contributed by atoms with Crippen LogP contribution in [0.15, 0.2) is 38.4 Å². The summed E-state index contributed by atoms with van der Waals surface area (Å²) in [5.41, 5.74) is 2.71. The van der Waals surface area contributed by atoms with Crippen LogP contribution in [0, 0.1) is 0 Å².